The van der Waals surface area contributed by atoms with Gasteiger partial charge in [0.15, 0.2) is 11.7 Å². The molecule has 0 aliphatic heterocycles. The van der Waals surface area contributed by atoms with Crippen LogP contribution < -0.4 is 20.9 Å². The molecule has 0 aliphatic rings. The lowest BCUT2D eigenvalue weighted by Crippen LogP contribution is -2.49. The zero-order valence-electron chi connectivity index (χ0n) is 13.6. The summed E-state index contributed by atoms with van der Waals surface area (Å²) in [5.41, 5.74) is 6.34. The van der Waals surface area contributed by atoms with Crippen LogP contribution in [0.5, 0.6) is 5.75 Å². The second kappa shape index (κ2) is 9.83. The summed E-state index contributed by atoms with van der Waals surface area (Å²) in [7, 11) is 0. The number of halogens is 2. The first-order valence-corrected chi connectivity index (χ1v) is 9.68. The van der Waals surface area contributed by atoms with Crippen LogP contribution in [0.15, 0.2) is 46.9 Å². The number of nitrogens with one attached hydrogen (secondary N) is 3. The van der Waals surface area contributed by atoms with Crippen molar-refractivity contribution in [1.29, 1.82) is 0 Å². The molecule has 3 N–H and O–H groups in total. The second-order valence-corrected chi connectivity index (χ2v) is 7.56. The molecule has 0 fully saturated rings. The minimum Gasteiger partial charge on any atom is -0.484 e. The SMILES string of the molecule is Cc1cc(OCC(=O)NNC(=S)NC(=O)c2ccccc2I)ccc1Br. The molecule has 0 bridgehead atoms. The maximum absolute atomic E-state index is 12.1. The predicted octanol–water partition coefficient (Wildman–Crippen LogP) is 3.08. The van der Waals surface area contributed by atoms with Gasteiger partial charge >= 0.3 is 0 Å². The summed E-state index contributed by atoms with van der Waals surface area (Å²) in [6.45, 7) is 1.73. The smallest absolute Gasteiger partial charge is 0.276 e. The fourth-order valence-electron chi connectivity index (χ4n) is 1.87. The minimum absolute atomic E-state index is 0.0116. The lowest BCUT2D eigenvalue weighted by atomic mass is 10.2. The summed E-state index contributed by atoms with van der Waals surface area (Å²) in [5, 5.41) is 2.48. The van der Waals surface area contributed by atoms with Crippen molar-refractivity contribution in [2.75, 3.05) is 6.61 Å². The largest absolute Gasteiger partial charge is 0.484 e. The summed E-state index contributed by atoms with van der Waals surface area (Å²) < 4.78 is 7.16. The molecule has 6 nitrogen and oxygen atoms in total. The molecule has 136 valence electrons. The van der Waals surface area contributed by atoms with E-state index in [-0.39, 0.29) is 17.6 Å². The molecule has 2 aromatic carbocycles. The van der Waals surface area contributed by atoms with E-state index in [1.54, 1.807) is 18.2 Å². The Morgan fingerprint density at radius 1 is 1.19 bits per heavy atom. The van der Waals surface area contributed by atoms with Crippen molar-refractivity contribution >= 4 is 67.7 Å². The number of carbonyl (C=O) groups excluding carboxylic acids is 2. The third-order valence-electron chi connectivity index (χ3n) is 3.16. The molecular weight excluding hydrogens is 533 g/mol. The first-order chi connectivity index (χ1) is 12.4. The van der Waals surface area contributed by atoms with Gasteiger partial charge in [0.05, 0.1) is 5.56 Å². The highest BCUT2D eigenvalue weighted by molar-refractivity contribution is 14.1. The van der Waals surface area contributed by atoms with Crippen molar-refractivity contribution in [3.05, 3.63) is 61.6 Å². The zero-order valence-corrected chi connectivity index (χ0v) is 18.2. The Morgan fingerprint density at radius 2 is 1.92 bits per heavy atom. The summed E-state index contributed by atoms with van der Waals surface area (Å²) in [5.74, 6) is -0.213. The molecule has 0 aliphatic carbocycles. The maximum Gasteiger partial charge on any atom is 0.276 e. The standard InChI is InChI=1S/C17H15BrIN3O3S/c1-10-8-11(6-7-13(10)18)25-9-15(23)21-22-17(26)20-16(24)12-4-2-3-5-14(12)19/h2-8H,9H2,1H3,(H,21,23)(H2,20,22,24,26). The highest BCUT2D eigenvalue weighted by Crippen LogP contribution is 2.21. The molecule has 0 aromatic heterocycles. The van der Waals surface area contributed by atoms with Crippen LogP contribution in [0, 0.1) is 10.5 Å². The Balaban J connectivity index is 1.76. The molecule has 0 radical (unpaired) electrons. The van der Waals surface area contributed by atoms with Gasteiger partial charge in [-0.15, -0.1) is 0 Å². The summed E-state index contributed by atoms with van der Waals surface area (Å²) in [6, 6.07) is 12.5. The molecule has 2 rings (SSSR count). The fraction of sp³-hybridized carbons (Fsp3) is 0.118. The fourth-order valence-corrected chi connectivity index (χ4v) is 2.89. The van der Waals surface area contributed by atoms with Gasteiger partial charge in [0.1, 0.15) is 5.75 Å². The highest BCUT2D eigenvalue weighted by atomic mass is 127. The molecule has 0 saturated carbocycles. The first kappa shape index (κ1) is 20.6. The molecule has 2 aromatic rings. The predicted molar refractivity (Wildman–Crippen MR) is 115 cm³/mol. The number of hydrogen-bond acceptors (Lipinski definition) is 4. The van der Waals surface area contributed by atoms with E-state index in [4.69, 9.17) is 17.0 Å². The lowest BCUT2D eigenvalue weighted by molar-refractivity contribution is -0.123. The van der Waals surface area contributed by atoms with Crippen LogP contribution in [-0.2, 0) is 4.79 Å². The van der Waals surface area contributed by atoms with Gasteiger partial charge in [0.2, 0.25) is 0 Å². The van der Waals surface area contributed by atoms with Gasteiger partial charge in [0, 0.05) is 8.04 Å². The van der Waals surface area contributed by atoms with E-state index in [0.29, 0.717) is 11.3 Å². The summed E-state index contributed by atoms with van der Waals surface area (Å²) in [6.07, 6.45) is 0. The number of amides is 2. The van der Waals surface area contributed by atoms with Crippen molar-refractivity contribution in [2.45, 2.75) is 6.92 Å². The van der Waals surface area contributed by atoms with E-state index in [9.17, 15) is 9.59 Å². The Labute approximate surface area is 178 Å². The molecule has 0 atom stereocenters. The van der Waals surface area contributed by atoms with Gasteiger partial charge in [-0.05, 0) is 77.6 Å². The van der Waals surface area contributed by atoms with Crippen LogP contribution in [0.1, 0.15) is 15.9 Å². The van der Waals surface area contributed by atoms with Crippen LogP contribution >= 0.6 is 50.7 Å². The van der Waals surface area contributed by atoms with Gasteiger partial charge < -0.3 is 4.74 Å². The van der Waals surface area contributed by atoms with Crippen LogP contribution in [0.25, 0.3) is 0 Å². The van der Waals surface area contributed by atoms with E-state index in [0.717, 1.165) is 13.6 Å². The number of carbonyl (C=O) groups is 2. The van der Waals surface area contributed by atoms with Gasteiger partial charge in [-0.25, -0.2) is 0 Å². The topological polar surface area (TPSA) is 79.5 Å². The van der Waals surface area contributed by atoms with Crippen molar-refractivity contribution in [2.24, 2.45) is 0 Å². The highest BCUT2D eigenvalue weighted by Gasteiger charge is 2.11. The average Bonchev–Trinajstić information content (AvgIpc) is 2.61. The number of hydrogen-bond donors (Lipinski definition) is 3. The van der Waals surface area contributed by atoms with Gasteiger partial charge in [-0.2, -0.15) is 0 Å². The van der Waals surface area contributed by atoms with Crippen LogP contribution in [0.2, 0.25) is 0 Å². The molecule has 9 heteroatoms. The Morgan fingerprint density at radius 3 is 2.62 bits per heavy atom. The van der Waals surface area contributed by atoms with Crippen LogP contribution in [-0.4, -0.2) is 23.5 Å². The molecule has 0 saturated heterocycles. The molecule has 0 heterocycles. The van der Waals surface area contributed by atoms with E-state index in [1.165, 1.54) is 0 Å². The summed E-state index contributed by atoms with van der Waals surface area (Å²) >= 11 is 10.5. The lowest BCUT2D eigenvalue weighted by Gasteiger charge is -2.12. The molecule has 26 heavy (non-hydrogen) atoms. The molecule has 0 spiro atoms. The normalized spacial score (nSPS) is 9.96. The van der Waals surface area contributed by atoms with Crippen molar-refractivity contribution in [3.63, 3.8) is 0 Å². The van der Waals surface area contributed by atoms with Gasteiger partial charge in [-0.3, -0.25) is 25.8 Å². The van der Waals surface area contributed by atoms with Gasteiger partial charge in [-0.1, -0.05) is 28.1 Å². The first-order valence-electron chi connectivity index (χ1n) is 7.40. The molecule has 2 amide bonds. The van der Waals surface area contributed by atoms with E-state index in [1.807, 2.05) is 31.2 Å². The number of aryl methyl sites for hydroxylation is 1. The van der Waals surface area contributed by atoms with Crippen molar-refractivity contribution in [3.8, 4) is 5.75 Å². The van der Waals surface area contributed by atoms with Crippen LogP contribution in [0.4, 0.5) is 0 Å². The Hall–Kier alpha value is -1.72. The maximum atomic E-state index is 12.1. The quantitative estimate of drug-likeness (QED) is 0.311. The number of rotatable bonds is 4. The number of thiocarbonyl (C=S) groups is 1. The number of benzene rings is 2. The van der Waals surface area contributed by atoms with Crippen molar-refractivity contribution < 1.29 is 14.3 Å². The summed E-state index contributed by atoms with van der Waals surface area (Å²) in [4.78, 5) is 23.9. The number of hydrazine groups is 1. The van der Waals surface area contributed by atoms with E-state index >= 15 is 0 Å². The Bertz CT molecular complexity index is 848. The molecule has 0 unspecified atom stereocenters. The monoisotopic (exact) mass is 547 g/mol. The van der Waals surface area contributed by atoms with E-state index < -0.39 is 5.91 Å². The van der Waals surface area contributed by atoms with Crippen LogP contribution in [0.3, 0.4) is 0 Å². The number of ether oxygens (including phenoxy) is 1. The average molecular weight is 548 g/mol. The third-order valence-corrected chi connectivity index (χ3v) is 5.19. The second-order valence-electron chi connectivity index (χ2n) is 5.14. The third kappa shape index (κ3) is 6.22. The zero-order chi connectivity index (χ0) is 19.1. The minimum atomic E-state index is -0.434. The van der Waals surface area contributed by atoms with E-state index in [2.05, 4.69) is 54.7 Å². The Kier molecular flexibility index (Phi) is 7.79. The van der Waals surface area contributed by atoms with Gasteiger partial charge in [0.25, 0.3) is 11.8 Å². The van der Waals surface area contributed by atoms with Crippen molar-refractivity contribution in [1.82, 2.24) is 16.2 Å². The molecular formula is C17H15BrIN3O3S.